The summed E-state index contributed by atoms with van der Waals surface area (Å²) < 4.78 is 5.99. The number of carbonyl (C=O) groups is 3. The van der Waals surface area contributed by atoms with Crippen LogP contribution in [-0.4, -0.2) is 45.6 Å². The van der Waals surface area contributed by atoms with Crippen molar-refractivity contribution in [2.45, 2.75) is 55.5 Å². The van der Waals surface area contributed by atoms with Crippen molar-refractivity contribution in [1.82, 2.24) is 15.2 Å². The predicted octanol–water partition coefficient (Wildman–Crippen LogP) is 5.06. The quantitative estimate of drug-likeness (QED) is 0.437. The van der Waals surface area contributed by atoms with Crippen LogP contribution < -0.4 is 20.7 Å². The summed E-state index contributed by atoms with van der Waals surface area (Å²) >= 11 is 1.52. The van der Waals surface area contributed by atoms with E-state index in [0.717, 1.165) is 39.7 Å². The van der Waals surface area contributed by atoms with E-state index in [1.165, 1.54) is 11.8 Å². The number of anilines is 2. The van der Waals surface area contributed by atoms with Gasteiger partial charge in [-0.15, -0.1) is 0 Å². The Hall–Kier alpha value is -4.05. The Morgan fingerprint density at radius 1 is 1.12 bits per heavy atom. The summed E-state index contributed by atoms with van der Waals surface area (Å²) in [7, 11) is 0. The second kappa shape index (κ2) is 10.5. The summed E-state index contributed by atoms with van der Waals surface area (Å²) in [4.78, 5) is 47.4. The van der Waals surface area contributed by atoms with E-state index in [4.69, 9.17) is 10.5 Å². The van der Waals surface area contributed by atoms with Gasteiger partial charge in [-0.1, -0.05) is 36.9 Å². The number of rotatable bonds is 6. The van der Waals surface area contributed by atoms with Crippen LogP contribution in [0.3, 0.4) is 0 Å². The van der Waals surface area contributed by atoms with E-state index in [0.29, 0.717) is 25.1 Å². The van der Waals surface area contributed by atoms with Crippen molar-refractivity contribution in [2.75, 3.05) is 11.4 Å². The number of carbonyl (C=O) groups excluding carboxylic acids is 3. The van der Waals surface area contributed by atoms with Gasteiger partial charge in [0.1, 0.15) is 16.5 Å². The first-order valence-electron chi connectivity index (χ1n) is 13.6. The van der Waals surface area contributed by atoms with E-state index in [1.807, 2.05) is 68.4 Å². The zero-order chi connectivity index (χ0) is 28.0. The van der Waals surface area contributed by atoms with Gasteiger partial charge < -0.3 is 20.7 Å². The summed E-state index contributed by atoms with van der Waals surface area (Å²) in [6.07, 6.45) is 3.38. The molecule has 0 radical (unpaired) electrons. The molecule has 4 unspecified atom stereocenters. The molecule has 40 heavy (non-hydrogen) atoms. The van der Waals surface area contributed by atoms with Crippen LogP contribution in [0.25, 0.3) is 0 Å². The number of ether oxygens (including phenoxy) is 1. The van der Waals surface area contributed by atoms with Crippen LogP contribution in [0.4, 0.5) is 16.2 Å². The Bertz CT molecular complexity index is 1480. The lowest BCUT2D eigenvalue weighted by Crippen LogP contribution is -2.59. The number of pyridine rings is 1. The number of aryl methyl sites for hydroxylation is 1. The maximum Gasteiger partial charge on any atom is 0.327 e. The van der Waals surface area contributed by atoms with Crippen LogP contribution in [0.2, 0.25) is 0 Å². The number of hydrogen-bond acceptors (Lipinski definition) is 6. The van der Waals surface area contributed by atoms with Crippen molar-refractivity contribution < 1.29 is 19.1 Å². The molecule has 6 rings (SSSR count). The molecule has 3 aliphatic heterocycles. The highest BCUT2D eigenvalue weighted by Gasteiger charge is 2.52. The monoisotopic (exact) mass is 557 g/mol. The molecule has 0 bridgehead atoms. The lowest BCUT2D eigenvalue weighted by Gasteiger charge is -2.45. The number of nitrogens with zero attached hydrogens (tertiary/aromatic N) is 3. The molecule has 0 aliphatic carbocycles. The van der Waals surface area contributed by atoms with E-state index in [-0.39, 0.29) is 17.2 Å². The molecule has 3 aromatic rings. The summed E-state index contributed by atoms with van der Waals surface area (Å²) in [6, 6.07) is 15.9. The van der Waals surface area contributed by atoms with Crippen molar-refractivity contribution in [2.24, 2.45) is 11.7 Å². The minimum absolute atomic E-state index is 0.0158. The van der Waals surface area contributed by atoms with Gasteiger partial charge in [-0.2, -0.15) is 0 Å². The molecule has 4 amide bonds. The number of para-hydroxylation sites is 1. The normalized spacial score (nSPS) is 23.4. The van der Waals surface area contributed by atoms with Crippen LogP contribution in [-0.2, 0) is 9.59 Å². The SMILES string of the molecule is CCC(=O)N1CCCC(C(N)=O)C1C1Sc2nccc3c2C1NC(=O)N3c1ccc(Oc2ccccc2)cc1C. The fourth-order valence-corrected chi connectivity index (χ4v) is 7.70. The number of hydrogen-bond donors (Lipinski definition) is 2. The molecular weight excluding hydrogens is 526 g/mol. The highest BCUT2D eigenvalue weighted by atomic mass is 32.2. The average Bonchev–Trinajstić information content (AvgIpc) is 3.32. The van der Waals surface area contributed by atoms with Gasteiger partial charge in [0.2, 0.25) is 11.8 Å². The predicted molar refractivity (Wildman–Crippen MR) is 153 cm³/mol. The molecule has 9 nitrogen and oxygen atoms in total. The number of nitrogens with two attached hydrogens (primary N) is 1. The van der Waals surface area contributed by atoms with Gasteiger partial charge in [0.15, 0.2) is 0 Å². The van der Waals surface area contributed by atoms with Crippen LogP contribution in [0.1, 0.15) is 43.4 Å². The smallest absolute Gasteiger partial charge is 0.327 e. The van der Waals surface area contributed by atoms with Gasteiger partial charge in [-0.25, -0.2) is 9.78 Å². The Kier molecular flexibility index (Phi) is 6.87. The average molecular weight is 558 g/mol. The van der Waals surface area contributed by atoms with E-state index in [9.17, 15) is 14.4 Å². The molecule has 2 aromatic carbocycles. The number of primary amides is 1. The summed E-state index contributed by atoms with van der Waals surface area (Å²) in [5.41, 5.74) is 9.11. The number of aromatic nitrogens is 1. The van der Waals surface area contributed by atoms with Crippen LogP contribution in [0, 0.1) is 12.8 Å². The molecule has 10 heteroatoms. The zero-order valence-electron chi connectivity index (χ0n) is 22.4. The van der Waals surface area contributed by atoms with Gasteiger partial charge in [0.05, 0.1) is 34.6 Å². The first-order valence-corrected chi connectivity index (χ1v) is 14.4. The van der Waals surface area contributed by atoms with Crippen molar-refractivity contribution in [3.63, 3.8) is 0 Å². The maximum atomic E-state index is 13.8. The Morgan fingerprint density at radius 3 is 2.65 bits per heavy atom. The van der Waals surface area contributed by atoms with E-state index < -0.39 is 23.9 Å². The fourth-order valence-electron chi connectivity index (χ4n) is 6.15. The molecule has 1 saturated heterocycles. The summed E-state index contributed by atoms with van der Waals surface area (Å²) in [5, 5.41) is 3.70. The molecule has 4 heterocycles. The second-order valence-corrected chi connectivity index (χ2v) is 11.5. The third-order valence-electron chi connectivity index (χ3n) is 7.94. The summed E-state index contributed by atoms with van der Waals surface area (Å²) in [5.74, 6) is 0.483. The van der Waals surface area contributed by atoms with Crippen LogP contribution in [0.15, 0.2) is 65.8 Å². The van der Waals surface area contributed by atoms with Crippen molar-refractivity contribution in [3.8, 4) is 11.5 Å². The molecule has 206 valence electrons. The highest BCUT2D eigenvalue weighted by molar-refractivity contribution is 8.00. The summed E-state index contributed by atoms with van der Waals surface area (Å²) in [6.45, 7) is 4.33. The minimum atomic E-state index is -0.492. The lowest BCUT2D eigenvalue weighted by atomic mass is 9.82. The van der Waals surface area contributed by atoms with E-state index >= 15 is 0 Å². The largest absolute Gasteiger partial charge is 0.457 e. The van der Waals surface area contributed by atoms with Gasteiger partial charge in [0, 0.05) is 24.7 Å². The Labute approximate surface area is 237 Å². The highest BCUT2D eigenvalue weighted by Crippen LogP contribution is 2.54. The number of piperidine rings is 1. The van der Waals surface area contributed by atoms with Gasteiger partial charge in [0.25, 0.3) is 0 Å². The first-order chi connectivity index (χ1) is 19.4. The van der Waals surface area contributed by atoms with Crippen LogP contribution in [0.5, 0.6) is 11.5 Å². The molecule has 4 atom stereocenters. The van der Waals surface area contributed by atoms with Gasteiger partial charge >= 0.3 is 6.03 Å². The molecule has 1 aromatic heterocycles. The molecule has 0 spiro atoms. The number of urea groups is 1. The third kappa shape index (κ3) is 4.46. The zero-order valence-corrected chi connectivity index (χ0v) is 23.2. The number of amides is 4. The second-order valence-electron chi connectivity index (χ2n) is 10.3. The third-order valence-corrected chi connectivity index (χ3v) is 9.31. The molecule has 3 N–H and O–H groups in total. The number of likely N-dealkylation sites (tertiary alicyclic amines) is 1. The fraction of sp³-hybridized carbons (Fsp3) is 0.333. The number of nitrogens with one attached hydrogen (secondary N) is 1. The topological polar surface area (TPSA) is 118 Å². The van der Waals surface area contributed by atoms with Crippen LogP contribution >= 0.6 is 11.8 Å². The maximum absolute atomic E-state index is 13.8. The van der Waals surface area contributed by atoms with Crippen molar-refractivity contribution in [1.29, 1.82) is 0 Å². The van der Waals surface area contributed by atoms with E-state index in [1.54, 1.807) is 16.0 Å². The first kappa shape index (κ1) is 26.2. The van der Waals surface area contributed by atoms with Crippen molar-refractivity contribution in [3.05, 3.63) is 71.9 Å². The standard InChI is InChI=1S/C30H31N5O4S/c1-3-23(36)34-15-7-10-20(28(31)37)26(34)27-25-24-22(13-14-32-29(24)40-27)35(30(38)33-25)21-12-11-19(16-17(21)2)39-18-8-5-4-6-9-18/h4-6,8-9,11-14,16,20,25-27H,3,7,10,15H2,1-2H3,(H2,31,37)(H,33,38). The van der Waals surface area contributed by atoms with Gasteiger partial charge in [-0.3, -0.25) is 14.5 Å². The minimum Gasteiger partial charge on any atom is -0.457 e. The van der Waals surface area contributed by atoms with Crippen molar-refractivity contribution >= 4 is 41.0 Å². The molecular formula is C30H31N5O4S. The van der Waals surface area contributed by atoms with Gasteiger partial charge in [-0.05, 0) is 61.7 Å². The number of thioether (sulfide) groups is 1. The Morgan fingerprint density at radius 2 is 1.93 bits per heavy atom. The molecule has 0 saturated carbocycles. The molecule has 1 fully saturated rings. The Balaban J connectivity index is 1.35. The number of benzene rings is 2. The molecule has 3 aliphatic rings. The van der Waals surface area contributed by atoms with E-state index in [2.05, 4.69) is 10.3 Å². The lowest BCUT2D eigenvalue weighted by molar-refractivity contribution is -0.139.